The van der Waals surface area contributed by atoms with Crippen LogP contribution in [0.1, 0.15) is 11.1 Å². The molecule has 0 saturated carbocycles. The number of para-hydroxylation sites is 1. The van der Waals surface area contributed by atoms with Gasteiger partial charge in [0.15, 0.2) is 5.71 Å². The molecular formula is C18H15N3O. The van der Waals surface area contributed by atoms with Crippen LogP contribution in [0.4, 0.5) is 5.69 Å². The summed E-state index contributed by atoms with van der Waals surface area (Å²) in [4.78, 5) is 14.1. The molecule has 0 fully saturated rings. The van der Waals surface area contributed by atoms with Crippen LogP contribution >= 0.6 is 0 Å². The maximum atomic E-state index is 12.5. The first-order valence-electron chi connectivity index (χ1n) is 6.99. The third kappa shape index (κ3) is 2.59. The van der Waals surface area contributed by atoms with Crippen molar-refractivity contribution >= 4 is 23.5 Å². The van der Waals surface area contributed by atoms with E-state index in [0.717, 1.165) is 16.8 Å². The van der Waals surface area contributed by atoms with Crippen LogP contribution in [0.15, 0.2) is 77.5 Å². The fourth-order valence-electron chi connectivity index (χ4n) is 2.36. The van der Waals surface area contributed by atoms with Crippen molar-refractivity contribution in [1.82, 2.24) is 0 Å². The van der Waals surface area contributed by atoms with Crippen molar-refractivity contribution in [1.29, 1.82) is 0 Å². The third-order valence-electron chi connectivity index (χ3n) is 3.37. The Kier molecular flexibility index (Phi) is 3.92. The predicted molar refractivity (Wildman–Crippen MR) is 89.6 cm³/mol. The Balaban J connectivity index is 1.93. The molecule has 0 saturated heterocycles. The van der Waals surface area contributed by atoms with Gasteiger partial charge in [0.25, 0.3) is 5.91 Å². The lowest BCUT2D eigenvalue weighted by Crippen LogP contribution is -2.30. The summed E-state index contributed by atoms with van der Waals surface area (Å²) in [5.41, 5.74) is 2.96. The Labute approximate surface area is 129 Å². The van der Waals surface area contributed by atoms with Gasteiger partial charge >= 0.3 is 0 Å². The SMILES string of the molecule is C=CCN1C(=O)/C(=N/N=C\c2ccccc2)c2ccccc21. The molecule has 22 heavy (non-hydrogen) atoms. The highest BCUT2D eigenvalue weighted by Gasteiger charge is 2.32. The molecular weight excluding hydrogens is 274 g/mol. The Morgan fingerprint density at radius 2 is 1.77 bits per heavy atom. The monoisotopic (exact) mass is 289 g/mol. The van der Waals surface area contributed by atoms with E-state index in [0.29, 0.717) is 12.3 Å². The van der Waals surface area contributed by atoms with Gasteiger partial charge in [0, 0.05) is 12.1 Å². The first-order chi connectivity index (χ1) is 10.8. The molecule has 1 heterocycles. The zero-order valence-electron chi connectivity index (χ0n) is 12.0. The lowest BCUT2D eigenvalue weighted by atomic mass is 10.1. The van der Waals surface area contributed by atoms with Gasteiger partial charge in [-0.3, -0.25) is 4.79 Å². The zero-order chi connectivity index (χ0) is 15.4. The fourth-order valence-corrected chi connectivity index (χ4v) is 2.36. The topological polar surface area (TPSA) is 45.0 Å². The molecule has 3 rings (SSSR count). The van der Waals surface area contributed by atoms with Crippen LogP contribution in [-0.2, 0) is 4.79 Å². The van der Waals surface area contributed by atoms with Crippen LogP contribution in [0.3, 0.4) is 0 Å². The van der Waals surface area contributed by atoms with E-state index >= 15 is 0 Å². The third-order valence-corrected chi connectivity index (χ3v) is 3.37. The van der Waals surface area contributed by atoms with Gasteiger partial charge in [-0.25, -0.2) is 0 Å². The molecule has 0 N–H and O–H groups in total. The van der Waals surface area contributed by atoms with E-state index in [1.54, 1.807) is 17.2 Å². The van der Waals surface area contributed by atoms with Crippen molar-refractivity contribution < 1.29 is 4.79 Å². The van der Waals surface area contributed by atoms with E-state index in [4.69, 9.17) is 0 Å². The van der Waals surface area contributed by atoms with E-state index in [1.807, 2.05) is 54.6 Å². The second-order valence-electron chi connectivity index (χ2n) is 4.83. The molecule has 0 spiro atoms. The quantitative estimate of drug-likeness (QED) is 0.485. The van der Waals surface area contributed by atoms with E-state index < -0.39 is 0 Å². The van der Waals surface area contributed by atoms with Crippen LogP contribution in [0.2, 0.25) is 0 Å². The second-order valence-corrected chi connectivity index (χ2v) is 4.83. The second kappa shape index (κ2) is 6.18. The summed E-state index contributed by atoms with van der Waals surface area (Å²) in [6.45, 7) is 4.15. The summed E-state index contributed by atoms with van der Waals surface area (Å²) in [7, 11) is 0. The first kappa shape index (κ1) is 13.9. The normalized spacial score (nSPS) is 15.5. The number of fused-ring (bicyclic) bond motifs is 1. The average molecular weight is 289 g/mol. The Bertz CT molecular complexity index is 763. The number of anilines is 1. The maximum Gasteiger partial charge on any atom is 0.279 e. The van der Waals surface area contributed by atoms with E-state index in [-0.39, 0.29) is 5.91 Å². The molecule has 0 radical (unpaired) electrons. The number of hydrogen-bond acceptors (Lipinski definition) is 3. The number of hydrogen-bond donors (Lipinski definition) is 0. The van der Waals surface area contributed by atoms with Crippen molar-refractivity contribution in [3.63, 3.8) is 0 Å². The Morgan fingerprint density at radius 1 is 1.05 bits per heavy atom. The molecule has 2 aromatic rings. The van der Waals surface area contributed by atoms with Gasteiger partial charge in [-0.2, -0.15) is 5.10 Å². The molecule has 0 unspecified atom stereocenters. The Morgan fingerprint density at radius 3 is 2.55 bits per heavy atom. The van der Waals surface area contributed by atoms with Gasteiger partial charge in [0.2, 0.25) is 0 Å². The molecule has 4 heteroatoms. The highest BCUT2D eigenvalue weighted by molar-refractivity contribution is 6.54. The molecule has 108 valence electrons. The van der Waals surface area contributed by atoms with E-state index in [2.05, 4.69) is 16.8 Å². The summed E-state index contributed by atoms with van der Waals surface area (Å²) in [5, 5.41) is 8.19. The van der Waals surface area contributed by atoms with Crippen LogP contribution in [0.25, 0.3) is 0 Å². The van der Waals surface area contributed by atoms with E-state index in [1.165, 1.54) is 0 Å². The number of benzene rings is 2. The zero-order valence-corrected chi connectivity index (χ0v) is 12.0. The smallest absolute Gasteiger partial charge is 0.279 e. The van der Waals surface area contributed by atoms with Crippen molar-refractivity contribution in [3.8, 4) is 0 Å². The maximum absolute atomic E-state index is 12.5. The summed E-state index contributed by atoms with van der Waals surface area (Å²) >= 11 is 0. The van der Waals surface area contributed by atoms with Gasteiger partial charge in [-0.1, -0.05) is 54.6 Å². The van der Waals surface area contributed by atoms with E-state index in [9.17, 15) is 4.79 Å². The van der Waals surface area contributed by atoms with Crippen LogP contribution in [0.5, 0.6) is 0 Å². The lowest BCUT2D eigenvalue weighted by Gasteiger charge is -2.13. The summed E-state index contributed by atoms with van der Waals surface area (Å²) in [6, 6.07) is 17.2. The molecule has 0 bridgehead atoms. The standard InChI is InChI=1S/C18H15N3O/c1-2-12-21-16-11-7-6-10-15(16)17(18(21)22)20-19-13-14-8-4-3-5-9-14/h2-11,13H,1,12H2/b19-13-,20-17+. The minimum absolute atomic E-state index is 0.147. The van der Waals surface area contributed by atoms with Crippen molar-refractivity contribution in [3.05, 3.63) is 78.4 Å². The predicted octanol–water partition coefficient (Wildman–Crippen LogP) is 3.04. The molecule has 1 aliphatic heterocycles. The average Bonchev–Trinajstić information content (AvgIpc) is 2.82. The minimum atomic E-state index is -0.147. The summed E-state index contributed by atoms with van der Waals surface area (Å²) in [5.74, 6) is -0.147. The Hall–Kier alpha value is -3.01. The molecule has 4 nitrogen and oxygen atoms in total. The summed E-state index contributed by atoms with van der Waals surface area (Å²) < 4.78 is 0. The number of nitrogens with zero attached hydrogens (tertiary/aromatic N) is 3. The molecule has 0 aromatic heterocycles. The number of carbonyl (C=O) groups is 1. The molecule has 2 aromatic carbocycles. The highest BCUT2D eigenvalue weighted by atomic mass is 16.2. The molecule has 1 aliphatic rings. The molecule has 0 atom stereocenters. The van der Waals surface area contributed by atoms with Crippen molar-refractivity contribution in [2.24, 2.45) is 10.2 Å². The van der Waals surface area contributed by atoms with Gasteiger partial charge in [0.05, 0.1) is 11.9 Å². The lowest BCUT2D eigenvalue weighted by molar-refractivity contribution is -0.112. The van der Waals surface area contributed by atoms with Gasteiger partial charge in [0.1, 0.15) is 0 Å². The first-order valence-corrected chi connectivity index (χ1v) is 6.99. The largest absolute Gasteiger partial charge is 0.302 e. The van der Waals surface area contributed by atoms with Gasteiger partial charge in [-0.15, -0.1) is 11.7 Å². The fraction of sp³-hybridized carbons (Fsp3) is 0.0556. The van der Waals surface area contributed by atoms with Gasteiger partial charge < -0.3 is 4.90 Å². The number of rotatable bonds is 4. The van der Waals surface area contributed by atoms with Gasteiger partial charge in [-0.05, 0) is 11.6 Å². The van der Waals surface area contributed by atoms with Crippen LogP contribution < -0.4 is 4.90 Å². The minimum Gasteiger partial charge on any atom is -0.302 e. The summed E-state index contributed by atoms with van der Waals surface area (Å²) in [6.07, 6.45) is 3.34. The van der Waals surface area contributed by atoms with Crippen LogP contribution in [-0.4, -0.2) is 24.4 Å². The molecule has 1 amide bonds. The highest BCUT2D eigenvalue weighted by Crippen LogP contribution is 2.28. The number of carbonyl (C=O) groups excluding carboxylic acids is 1. The van der Waals surface area contributed by atoms with Crippen molar-refractivity contribution in [2.75, 3.05) is 11.4 Å². The van der Waals surface area contributed by atoms with Crippen molar-refractivity contribution in [2.45, 2.75) is 0 Å². The van der Waals surface area contributed by atoms with Crippen LogP contribution in [0, 0.1) is 0 Å². The number of amides is 1. The molecule has 0 aliphatic carbocycles.